The monoisotopic (exact) mass is 265 g/mol. The summed E-state index contributed by atoms with van der Waals surface area (Å²) in [6.45, 7) is 3.44. The van der Waals surface area contributed by atoms with E-state index in [0.29, 0.717) is 16.4 Å². The van der Waals surface area contributed by atoms with Gasteiger partial charge in [0, 0.05) is 19.2 Å². The predicted octanol–water partition coefficient (Wildman–Crippen LogP) is 0.644. The number of hydrogen-bond acceptors (Lipinski definition) is 4. The molecule has 0 aliphatic rings. The van der Waals surface area contributed by atoms with Gasteiger partial charge in [-0.3, -0.25) is 4.68 Å². The molecule has 0 saturated carbocycles. The average Bonchev–Trinajstić information content (AvgIpc) is 2.43. The number of rotatable bonds is 4. The van der Waals surface area contributed by atoms with E-state index in [-0.39, 0.29) is 12.3 Å². The van der Waals surface area contributed by atoms with Gasteiger partial charge in [0.2, 0.25) is 0 Å². The minimum Gasteiger partial charge on any atom is -0.329 e. The van der Waals surface area contributed by atoms with Crippen molar-refractivity contribution < 1.29 is 8.42 Å². The van der Waals surface area contributed by atoms with Crippen LogP contribution in [-0.4, -0.2) is 30.0 Å². The molecule has 0 saturated heterocycles. The molecule has 1 aromatic rings. The fourth-order valence-electron chi connectivity index (χ4n) is 1.33. The van der Waals surface area contributed by atoms with Crippen LogP contribution < -0.4 is 5.73 Å². The van der Waals surface area contributed by atoms with Crippen molar-refractivity contribution in [2.75, 3.05) is 6.54 Å². The van der Waals surface area contributed by atoms with Crippen LogP contribution in [-0.2, 0) is 22.6 Å². The first-order chi connectivity index (χ1) is 7.29. The Hall–Kier alpha value is -0.590. The van der Waals surface area contributed by atoms with Crippen molar-refractivity contribution in [2.45, 2.75) is 24.9 Å². The van der Waals surface area contributed by atoms with Crippen LogP contribution in [0.5, 0.6) is 0 Å². The first-order valence-electron chi connectivity index (χ1n) is 4.89. The minimum absolute atomic E-state index is 0.107. The smallest absolute Gasteiger partial charge is 0.158 e. The number of halogens is 1. The van der Waals surface area contributed by atoms with Crippen molar-refractivity contribution in [3.05, 3.63) is 16.4 Å². The van der Waals surface area contributed by atoms with Crippen molar-refractivity contribution in [3.63, 3.8) is 0 Å². The molecule has 0 aromatic carbocycles. The zero-order valence-corrected chi connectivity index (χ0v) is 11.1. The molecule has 1 atom stereocenters. The molecule has 16 heavy (non-hydrogen) atoms. The van der Waals surface area contributed by atoms with Gasteiger partial charge < -0.3 is 5.73 Å². The molecule has 92 valence electrons. The van der Waals surface area contributed by atoms with E-state index in [4.69, 9.17) is 17.3 Å². The Balaban J connectivity index is 3.06. The highest BCUT2D eigenvalue weighted by atomic mass is 35.5. The van der Waals surface area contributed by atoms with Gasteiger partial charge in [0.15, 0.2) is 9.84 Å². The maximum absolute atomic E-state index is 11.9. The molecule has 0 aliphatic carbocycles. The third-order valence-electron chi connectivity index (χ3n) is 2.56. The number of sulfone groups is 1. The zero-order valence-electron chi connectivity index (χ0n) is 9.57. The van der Waals surface area contributed by atoms with Gasteiger partial charge in [-0.05, 0) is 13.8 Å². The second-order valence-electron chi connectivity index (χ2n) is 3.83. The summed E-state index contributed by atoms with van der Waals surface area (Å²) in [6.07, 6.45) is 0. The molecule has 1 heterocycles. The molecule has 0 spiro atoms. The fraction of sp³-hybridized carbons (Fsp3) is 0.667. The number of nitrogens with two attached hydrogens (primary N) is 1. The summed E-state index contributed by atoms with van der Waals surface area (Å²) in [7, 11) is -1.58. The second kappa shape index (κ2) is 4.73. The molecule has 0 amide bonds. The molecule has 0 bridgehead atoms. The summed E-state index contributed by atoms with van der Waals surface area (Å²) in [6, 6.07) is 0. The Morgan fingerprint density at radius 2 is 2.12 bits per heavy atom. The van der Waals surface area contributed by atoms with Crippen molar-refractivity contribution in [1.29, 1.82) is 0 Å². The Bertz CT molecular complexity index is 481. The Morgan fingerprint density at radius 3 is 2.50 bits per heavy atom. The summed E-state index contributed by atoms with van der Waals surface area (Å²) in [5.74, 6) is -0.107. The highest BCUT2D eigenvalue weighted by Crippen LogP contribution is 2.22. The van der Waals surface area contributed by atoms with Crippen LogP contribution in [0.25, 0.3) is 0 Å². The Labute approximate surface area is 100 Å². The first kappa shape index (κ1) is 13.5. The third kappa shape index (κ3) is 2.56. The molecule has 1 rings (SSSR count). The van der Waals surface area contributed by atoms with Gasteiger partial charge in [-0.15, -0.1) is 0 Å². The van der Waals surface area contributed by atoms with Crippen molar-refractivity contribution in [2.24, 2.45) is 12.8 Å². The van der Waals surface area contributed by atoms with Gasteiger partial charge in [0.05, 0.1) is 16.7 Å². The lowest BCUT2D eigenvalue weighted by molar-refractivity contribution is 0.583. The highest BCUT2D eigenvalue weighted by Gasteiger charge is 2.24. The predicted molar refractivity (Wildman–Crippen MR) is 64.1 cm³/mol. The molecule has 2 N–H and O–H groups in total. The van der Waals surface area contributed by atoms with E-state index in [0.717, 1.165) is 0 Å². The molecule has 0 aliphatic heterocycles. The Kier molecular flexibility index (Phi) is 3.98. The number of aryl methyl sites for hydroxylation is 2. The van der Waals surface area contributed by atoms with Crippen LogP contribution in [0.15, 0.2) is 0 Å². The normalized spacial score (nSPS) is 14.1. The topological polar surface area (TPSA) is 78.0 Å². The van der Waals surface area contributed by atoms with Crippen molar-refractivity contribution in [3.8, 4) is 0 Å². The van der Waals surface area contributed by atoms with E-state index in [1.165, 1.54) is 4.68 Å². The van der Waals surface area contributed by atoms with Gasteiger partial charge in [-0.25, -0.2) is 8.42 Å². The highest BCUT2D eigenvalue weighted by molar-refractivity contribution is 7.91. The van der Waals surface area contributed by atoms with E-state index in [1.807, 2.05) is 0 Å². The molecular formula is C9H16ClN3O2S. The molecular weight excluding hydrogens is 250 g/mol. The molecule has 0 fully saturated rings. The van der Waals surface area contributed by atoms with E-state index in [1.54, 1.807) is 20.9 Å². The van der Waals surface area contributed by atoms with Gasteiger partial charge in [0.25, 0.3) is 0 Å². The summed E-state index contributed by atoms with van der Waals surface area (Å²) in [5, 5.41) is 3.87. The standard InChI is InChI=1S/C9H16ClN3O2S/c1-6(4-11)16(14,15)5-8-7(2)12-13(3)9(8)10/h6H,4-5,11H2,1-3H3. The van der Waals surface area contributed by atoms with Crippen LogP contribution in [0, 0.1) is 6.92 Å². The number of hydrogen-bond donors (Lipinski definition) is 1. The van der Waals surface area contributed by atoms with E-state index >= 15 is 0 Å². The van der Waals surface area contributed by atoms with Crippen LogP contribution in [0.1, 0.15) is 18.2 Å². The summed E-state index contributed by atoms with van der Waals surface area (Å²) < 4.78 is 25.2. The largest absolute Gasteiger partial charge is 0.329 e. The van der Waals surface area contributed by atoms with Crippen LogP contribution >= 0.6 is 11.6 Å². The quantitative estimate of drug-likeness (QED) is 0.867. The fourth-order valence-corrected chi connectivity index (χ4v) is 2.97. The first-order valence-corrected chi connectivity index (χ1v) is 6.98. The zero-order chi connectivity index (χ0) is 12.5. The lowest BCUT2D eigenvalue weighted by Gasteiger charge is -2.10. The van der Waals surface area contributed by atoms with Crippen molar-refractivity contribution in [1.82, 2.24) is 9.78 Å². The number of aromatic nitrogens is 2. The lowest BCUT2D eigenvalue weighted by Crippen LogP contribution is -2.27. The van der Waals surface area contributed by atoms with Gasteiger partial charge >= 0.3 is 0 Å². The minimum atomic E-state index is -3.26. The Morgan fingerprint density at radius 1 is 1.56 bits per heavy atom. The molecule has 1 aromatic heterocycles. The molecule has 7 heteroatoms. The van der Waals surface area contributed by atoms with Crippen molar-refractivity contribution >= 4 is 21.4 Å². The van der Waals surface area contributed by atoms with E-state index < -0.39 is 15.1 Å². The average molecular weight is 266 g/mol. The lowest BCUT2D eigenvalue weighted by atomic mass is 10.3. The second-order valence-corrected chi connectivity index (χ2v) is 6.61. The third-order valence-corrected chi connectivity index (χ3v) is 5.14. The summed E-state index contributed by atoms with van der Waals surface area (Å²) in [4.78, 5) is 0. The molecule has 1 unspecified atom stereocenters. The maximum atomic E-state index is 11.9. The molecule has 0 radical (unpaired) electrons. The number of nitrogens with zero attached hydrogens (tertiary/aromatic N) is 2. The maximum Gasteiger partial charge on any atom is 0.158 e. The molecule has 5 nitrogen and oxygen atoms in total. The van der Waals surface area contributed by atoms with Crippen LogP contribution in [0.2, 0.25) is 5.15 Å². The van der Waals surface area contributed by atoms with Gasteiger partial charge in [0.1, 0.15) is 5.15 Å². The van der Waals surface area contributed by atoms with E-state index in [2.05, 4.69) is 5.10 Å². The van der Waals surface area contributed by atoms with Crippen LogP contribution in [0.4, 0.5) is 0 Å². The van der Waals surface area contributed by atoms with E-state index in [9.17, 15) is 8.42 Å². The van der Waals surface area contributed by atoms with Gasteiger partial charge in [-0.2, -0.15) is 5.10 Å². The van der Waals surface area contributed by atoms with Gasteiger partial charge in [-0.1, -0.05) is 11.6 Å². The summed E-state index contributed by atoms with van der Waals surface area (Å²) in [5.41, 5.74) is 6.56. The van der Waals surface area contributed by atoms with Crippen LogP contribution in [0.3, 0.4) is 0 Å². The SMILES string of the molecule is Cc1nn(C)c(Cl)c1CS(=O)(=O)C(C)CN. The summed E-state index contributed by atoms with van der Waals surface area (Å²) >= 11 is 5.97.